The van der Waals surface area contributed by atoms with E-state index in [4.69, 9.17) is 5.73 Å². The number of pyridine rings is 1. The number of nitrogen functional groups attached to an aromatic ring is 1. The predicted molar refractivity (Wildman–Crippen MR) is 71.3 cm³/mol. The first-order valence-corrected chi connectivity index (χ1v) is 6.25. The number of rotatable bonds is 3. The van der Waals surface area contributed by atoms with Crippen molar-refractivity contribution in [2.24, 2.45) is 5.92 Å². The van der Waals surface area contributed by atoms with Crippen LogP contribution in [-0.4, -0.2) is 42.5 Å². The first-order valence-electron chi connectivity index (χ1n) is 6.25. The molecule has 5 heteroatoms. The zero-order chi connectivity index (χ0) is 13.1. The maximum atomic E-state index is 12.0. The molecule has 0 bridgehead atoms. The van der Waals surface area contributed by atoms with Gasteiger partial charge in [0.05, 0.1) is 5.56 Å². The highest BCUT2D eigenvalue weighted by atomic mass is 16.1. The first-order chi connectivity index (χ1) is 8.56. The van der Waals surface area contributed by atoms with Crippen molar-refractivity contribution in [1.29, 1.82) is 0 Å². The summed E-state index contributed by atoms with van der Waals surface area (Å²) in [4.78, 5) is 18.4. The molecule has 5 nitrogen and oxygen atoms in total. The SMILES string of the molecule is Cc1cc(N)c(C(=O)NCC2CCN(C)C2)cn1. The van der Waals surface area contributed by atoms with Gasteiger partial charge < -0.3 is 16.0 Å². The van der Waals surface area contributed by atoms with Gasteiger partial charge in [-0.05, 0) is 38.9 Å². The molecular weight excluding hydrogens is 228 g/mol. The smallest absolute Gasteiger partial charge is 0.254 e. The van der Waals surface area contributed by atoms with Crippen molar-refractivity contribution in [2.45, 2.75) is 13.3 Å². The molecule has 0 saturated carbocycles. The number of hydrogen-bond acceptors (Lipinski definition) is 4. The van der Waals surface area contributed by atoms with E-state index >= 15 is 0 Å². The maximum Gasteiger partial charge on any atom is 0.254 e. The quantitative estimate of drug-likeness (QED) is 0.824. The molecule has 1 fully saturated rings. The number of nitrogens with zero attached hydrogens (tertiary/aromatic N) is 2. The van der Waals surface area contributed by atoms with Crippen LogP contribution in [0.25, 0.3) is 0 Å². The number of nitrogens with two attached hydrogens (primary N) is 1. The van der Waals surface area contributed by atoms with Crippen LogP contribution in [0, 0.1) is 12.8 Å². The molecule has 98 valence electrons. The van der Waals surface area contributed by atoms with Gasteiger partial charge in [-0.2, -0.15) is 0 Å². The highest BCUT2D eigenvalue weighted by Crippen LogP contribution is 2.14. The van der Waals surface area contributed by atoms with Gasteiger partial charge in [-0.1, -0.05) is 0 Å². The molecule has 0 aromatic carbocycles. The van der Waals surface area contributed by atoms with Gasteiger partial charge in [0, 0.05) is 30.7 Å². The molecule has 1 saturated heterocycles. The van der Waals surface area contributed by atoms with Crippen LogP contribution in [0.3, 0.4) is 0 Å². The molecule has 1 atom stereocenters. The van der Waals surface area contributed by atoms with Crippen molar-refractivity contribution in [1.82, 2.24) is 15.2 Å². The van der Waals surface area contributed by atoms with E-state index in [0.717, 1.165) is 25.2 Å². The van der Waals surface area contributed by atoms with Gasteiger partial charge >= 0.3 is 0 Å². The topological polar surface area (TPSA) is 71.2 Å². The summed E-state index contributed by atoms with van der Waals surface area (Å²) in [5.41, 5.74) is 7.59. The Morgan fingerprint density at radius 1 is 1.67 bits per heavy atom. The summed E-state index contributed by atoms with van der Waals surface area (Å²) < 4.78 is 0. The summed E-state index contributed by atoms with van der Waals surface area (Å²) in [6.07, 6.45) is 2.68. The second-order valence-electron chi connectivity index (χ2n) is 5.04. The van der Waals surface area contributed by atoms with Gasteiger partial charge in [-0.3, -0.25) is 9.78 Å². The van der Waals surface area contributed by atoms with Crippen molar-refractivity contribution in [2.75, 3.05) is 32.4 Å². The van der Waals surface area contributed by atoms with Gasteiger partial charge in [-0.25, -0.2) is 0 Å². The zero-order valence-corrected chi connectivity index (χ0v) is 10.9. The van der Waals surface area contributed by atoms with Crippen molar-refractivity contribution in [3.8, 4) is 0 Å². The van der Waals surface area contributed by atoms with E-state index in [1.165, 1.54) is 0 Å². The summed E-state index contributed by atoms with van der Waals surface area (Å²) >= 11 is 0. The first kappa shape index (κ1) is 12.8. The number of hydrogen-bond donors (Lipinski definition) is 2. The number of anilines is 1. The van der Waals surface area contributed by atoms with Crippen molar-refractivity contribution in [3.05, 3.63) is 23.5 Å². The van der Waals surface area contributed by atoms with E-state index in [9.17, 15) is 4.79 Å². The molecule has 2 rings (SSSR count). The Balaban J connectivity index is 1.91. The van der Waals surface area contributed by atoms with E-state index in [1.807, 2.05) is 6.92 Å². The van der Waals surface area contributed by atoms with Gasteiger partial charge in [-0.15, -0.1) is 0 Å². The van der Waals surface area contributed by atoms with Crippen molar-refractivity contribution < 1.29 is 4.79 Å². The Labute approximate surface area is 107 Å². The Bertz CT molecular complexity index is 447. The van der Waals surface area contributed by atoms with Crippen LogP contribution < -0.4 is 11.1 Å². The van der Waals surface area contributed by atoms with Gasteiger partial charge in [0.1, 0.15) is 0 Å². The second-order valence-corrected chi connectivity index (χ2v) is 5.04. The average molecular weight is 248 g/mol. The molecule has 3 N–H and O–H groups in total. The molecule has 1 unspecified atom stereocenters. The standard InChI is InChI=1S/C13H20N4O/c1-9-5-12(14)11(7-15-9)13(18)16-6-10-3-4-17(2)8-10/h5,7,10H,3-4,6,8H2,1-2H3,(H2,14,15)(H,16,18). The average Bonchev–Trinajstić information content (AvgIpc) is 2.72. The maximum absolute atomic E-state index is 12.0. The van der Waals surface area contributed by atoms with Crippen LogP contribution in [0.2, 0.25) is 0 Å². The molecule has 0 spiro atoms. The normalized spacial score (nSPS) is 20.0. The second kappa shape index (κ2) is 5.35. The van der Waals surface area contributed by atoms with E-state index in [2.05, 4.69) is 22.2 Å². The molecule has 18 heavy (non-hydrogen) atoms. The number of carbonyl (C=O) groups excluding carboxylic acids is 1. The minimum Gasteiger partial charge on any atom is -0.398 e. The molecule has 0 aliphatic carbocycles. The van der Waals surface area contributed by atoms with Gasteiger partial charge in [0.15, 0.2) is 0 Å². The van der Waals surface area contributed by atoms with Crippen molar-refractivity contribution >= 4 is 11.6 Å². The van der Waals surface area contributed by atoms with Crippen molar-refractivity contribution in [3.63, 3.8) is 0 Å². The lowest BCUT2D eigenvalue weighted by molar-refractivity contribution is 0.0948. The fourth-order valence-electron chi connectivity index (χ4n) is 2.30. The van der Waals surface area contributed by atoms with Crippen LogP contribution >= 0.6 is 0 Å². The van der Waals surface area contributed by atoms with E-state index < -0.39 is 0 Å². The lowest BCUT2D eigenvalue weighted by Crippen LogP contribution is -2.31. The van der Waals surface area contributed by atoms with Crippen LogP contribution in [0.5, 0.6) is 0 Å². The van der Waals surface area contributed by atoms with Crippen LogP contribution in [0.15, 0.2) is 12.3 Å². The molecule has 1 aliphatic heterocycles. The van der Waals surface area contributed by atoms with Gasteiger partial charge in [0.2, 0.25) is 0 Å². The van der Waals surface area contributed by atoms with E-state index in [1.54, 1.807) is 12.3 Å². The molecular formula is C13H20N4O. The Kier molecular flexibility index (Phi) is 3.81. The summed E-state index contributed by atoms with van der Waals surface area (Å²) in [6.45, 7) is 4.71. The van der Waals surface area contributed by atoms with Crippen LogP contribution in [0.4, 0.5) is 5.69 Å². The number of amides is 1. The lowest BCUT2D eigenvalue weighted by atomic mass is 10.1. The van der Waals surface area contributed by atoms with E-state index in [-0.39, 0.29) is 5.91 Å². The zero-order valence-electron chi connectivity index (χ0n) is 10.9. The monoisotopic (exact) mass is 248 g/mol. The molecule has 1 aromatic heterocycles. The molecule has 0 radical (unpaired) electrons. The van der Waals surface area contributed by atoms with Crippen LogP contribution in [-0.2, 0) is 0 Å². The Morgan fingerprint density at radius 2 is 2.44 bits per heavy atom. The number of nitrogens with one attached hydrogen (secondary N) is 1. The minimum atomic E-state index is -0.130. The third-order valence-electron chi connectivity index (χ3n) is 3.36. The Morgan fingerprint density at radius 3 is 3.06 bits per heavy atom. The number of carbonyl (C=O) groups is 1. The summed E-state index contributed by atoms with van der Waals surface area (Å²) in [6, 6.07) is 1.72. The summed E-state index contributed by atoms with van der Waals surface area (Å²) in [5.74, 6) is 0.410. The summed E-state index contributed by atoms with van der Waals surface area (Å²) in [5, 5.41) is 2.94. The molecule has 2 heterocycles. The third kappa shape index (κ3) is 2.98. The lowest BCUT2D eigenvalue weighted by Gasteiger charge is -2.12. The Hall–Kier alpha value is -1.62. The van der Waals surface area contributed by atoms with Gasteiger partial charge in [0.25, 0.3) is 5.91 Å². The predicted octanol–water partition coefficient (Wildman–Crippen LogP) is 0.654. The summed E-state index contributed by atoms with van der Waals surface area (Å²) in [7, 11) is 2.10. The fraction of sp³-hybridized carbons (Fsp3) is 0.538. The highest BCUT2D eigenvalue weighted by Gasteiger charge is 2.20. The number of aromatic nitrogens is 1. The largest absolute Gasteiger partial charge is 0.398 e. The molecule has 1 amide bonds. The number of likely N-dealkylation sites (tertiary alicyclic amines) is 1. The number of aryl methyl sites for hydroxylation is 1. The highest BCUT2D eigenvalue weighted by molar-refractivity contribution is 5.98. The molecule has 1 aliphatic rings. The minimum absolute atomic E-state index is 0.130. The fourth-order valence-corrected chi connectivity index (χ4v) is 2.30. The third-order valence-corrected chi connectivity index (χ3v) is 3.36. The van der Waals surface area contributed by atoms with E-state index in [0.29, 0.717) is 23.7 Å². The van der Waals surface area contributed by atoms with Crippen LogP contribution in [0.1, 0.15) is 22.5 Å². The molecule has 1 aromatic rings.